The molecule has 2 nitrogen and oxygen atoms in total. The van der Waals surface area contributed by atoms with Crippen molar-refractivity contribution >= 4 is 0 Å². The van der Waals surface area contributed by atoms with Crippen LogP contribution in [-0.2, 0) is 4.74 Å². The van der Waals surface area contributed by atoms with Crippen molar-refractivity contribution in [2.75, 3.05) is 13.4 Å². The summed E-state index contributed by atoms with van der Waals surface area (Å²) in [5.41, 5.74) is 3.85. The van der Waals surface area contributed by atoms with E-state index in [9.17, 15) is 0 Å². The summed E-state index contributed by atoms with van der Waals surface area (Å²) in [7, 11) is 0. The molecule has 0 spiro atoms. The van der Waals surface area contributed by atoms with Gasteiger partial charge in [0.2, 0.25) is 0 Å². The van der Waals surface area contributed by atoms with Gasteiger partial charge in [0.05, 0.1) is 6.61 Å². The molecule has 0 heterocycles. The lowest BCUT2D eigenvalue weighted by atomic mass is 9.85. The summed E-state index contributed by atoms with van der Waals surface area (Å²) in [5.74, 6) is 1.07. The molecule has 38 heavy (non-hydrogen) atoms. The molecule has 3 aromatic carbocycles. The highest BCUT2D eigenvalue weighted by Crippen LogP contribution is 2.32. The number of unbranched alkanes of at least 4 members (excludes halogenated alkanes) is 13. The molecule has 0 aliphatic heterocycles. The molecule has 0 aromatic heterocycles. The Morgan fingerprint density at radius 3 is 1.37 bits per heavy atom. The van der Waals surface area contributed by atoms with Crippen molar-refractivity contribution in [2.24, 2.45) is 0 Å². The molecule has 0 saturated heterocycles. The average Bonchev–Trinajstić information content (AvgIpc) is 2.97. The Morgan fingerprint density at radius 2 is 0.895 bits per heavy atom. The van der Waals surface area contributed by atoms with Crippen LogP contribution in [0.3, 0.4) is 0 Å². The normalized spacial score (nSPS) is 11.2. The van der Waals surface area contributed by atoms with Gasteiger partial charge in [-0.3, -0.25) is 0 Å². The SMILES string of the molecule is CCCCCCCCCCCCCCCCOCOc1ccc(C(c2ccccc2)c2ccccc2)cc1. The molecule has 0 amide bonds. The Labute approximate surface area is 232 Å². The van der Waals surface area contributed by atoms with Crippen LogP contribution < -0.4 is 4.74 Å². The Kier molecular flexibility index (Phi) is 15.4. The van der Waals surface area contributed by atoms with Gasteiger partial charge in [-0.05, 0) is 35.2 Å². The first kappa shape index (κ1) is 30.0. The van der Waals surface area contributed by atoms with Crippen molar-refractivity contribution in [3.05, 3.63) is 102 Å². The molecule has 0 aliphatic carbocycles. The highest BCUT2D eigenvalue weighted by Gasteiger charge is 2.16. The van der Waals surface area contributed by atoms with Crippen LogP contribution in [0.4, 0.5) is 0 Å². The van der Waals surface area contributed by atoms with Gasteiger partial charge < -0.3 is 9.47 Å². The summed E-state index contributed by atoms with van der Waals surface area (Å²) < 4.78 is 11.6. The van der Waals surface area contributed by atoms with Gasteiger partial charge in [0, 0.05) is 5.92 Å². The molecular formula is C36H50O2. The molecule has 0 aliphatic rings. The number of hydrogen-bond acceptors (Lipinski definition) is 2. The van der Waals surface area contributed by atoms with Crippen molar-refractivity contribution in [3.63, 3.8) is 0 Å². The topological polar surface area (TPSA) is 18.5 Å². The molecular weight excluding hydrogens is 464 g/mol. The summed E-state index contributed by atoms with van der Waals surface area (Å²) in [6.45, 7) is 3.38. The zero-order chi connectivity index (χ0) is 26.5. The van der Waals surface area contributed by atoms with Crippen molar-refractivity contribution in [2.45, 2.75) is 103 Å². The highest BCUT2D eigenvalue weighted by atomic mass is 16.7. The van der Waals surface area contributed by atoms with E-state index in [1.165, 1.54) is 100 Å². The molecule has 0 atom stereocenters. The Morgan fingerprint density at radius 1 is 0.474 bits per heavy atom. The molecule has 3 rings (SSSR count). The number of hydrogen-bond donors (Lipinski definition) is 0. The lowest BCUT2D eigenvalue weighted by molar-refractivity contribution is 0.0135. The average molecular weight is 515 g/mol. The molecule has 3 aromatic rings. The predicted molar refractivity (Wildman–Crippen MR) is 162 cm³/mol. The summed E-state index contributed by atoms with van der Waals surface area (Å²) in [6.07, 6.45) is 19.3. The number of benzene rings is 3. The highest BCUT2D eigenvalue weighted by molar-refractivity contribution is 5.44. The summed E-state index contributed by atoms with van der Waals surface area (Å²) in [4.78, 5) is 0. The summed E-state index contributed by atoms with van der Waals surface area (Å²) in [6, 6.07) is 29.9. The van der Waals surface area contributed by atoms with Gasteiger partial charge in [-0.15, -0.1) is 0 Å². The van der Waals surface area contributed by atoms with Crippen LogP contribution in [0.5, 0.6) is 5.75 Å². The van der Waals surface area contributed by atoms with Crippen LogP contribution in [0.15, 0.2) is 84.9 Å². The van der Waals surface area contributed by atoms with E-state index in [-0.39, 0.29) is 5.92 Å². The van der Waals surface area contributed by atoms with Gasteiger partial charge >= 0.3 is 0 Å². The molecule has 0 radical (unpaired) electrons. The minimum absolute atomic E-state index is 0.211. The second kappa shape index (κ2) is 19.5. The predicted octanol–water partition coefficient (Wildman–Crippen LogP) is 10.7. The Balaban J connectivity index is 1.23. The van der Waals surface area contributed by atoms with Gasteiger partial charge in [0.25, 0.3) is 0 Å². The van der Waals surface area contributed by atoms with Crippen molar-refractivity contribution in [1.82, 2.24) is 0 Å². The van der Waals surface area contributed by atoms with Gasteiger partial charge in [-0.25, -0.2) is 0 Å². The molecule has 0 unspecified atom stereocenters. The van der Waals surface area contributed by atoms with Gasteiger partial charge in [0.15, 0.2) is 6.79 Å². The molecule has 206 valence electrons. The number of rotatable bonds is 21. The van der Waals surface area contributed by atoms with Crippen LogP contribution in [0.25, 0.3) is 0 Å². The van der Waals surface area contributed by atoms with Gasteiger partial charge in [0.1, 0.15) is 5.75 Å². The van der Waals surface area contributed by atoms with E-state index in [1.807, 2.05) is 0 Å². The van der Waals surface area contributed by atoms with Crippen LogP contribution in [0.1, 0.15) is 119 Å². The first-order valence-electron chi connectivity index (χ1n) is 15.3. The van der Waals surface area contributed by atoms with Gasteiger partial charge in [-0.2, -0.15) is 0 Å². The van der Waals surface area contributed by atoms with E-state index in [0.717, 1.165) is 18.8 Å². The maximum absolute atomic E-state index is 5.85. The third kappa shape index (κ3) is 11.9. The maximum Gasteiger partial charge on any atom is 0.189 e. The Hall–Kier alpha value is -2.58. The second-order valence-corrected chi connectivity index (χ2v) is 10.6. The molecule has 0 fully saturated rings. The molecule has 2 heteroatoms. The van der Waals surface area contributed by atoms with Crippen LogP contribution in [-0.4, -0.2) is 13.4 Å². The van der Waals surface area contributed by atoms with Crippen LogP contribution in [0.2, 0.25) is 0 Å². The van der Waals surface area contributed by atoms with Gasteiger partial charge in [-0.1, -0.05) is 163 Å². The number of ether oxygens (including phenoxy) is 2. The van der Waals surface area contributed by atoms with E-state index in [4.69, 9.17) is 9.47 Å². The van der Waals surface area contributed by atoms with Crippen molar-refractivity contribution < 1.29 is 9.47 Å². The fraction of sp³-hybridized carbons (Fsp3) is 0.500. The van der Waals surface area contributed by atoms with E-state index in [1.54, 1.807) is 0 Å². The fourth-order valence-corrected chi connectivity index (χ4v) is 5.19. The quantitative estimate of drug-likeness (QED) is 0.0799. The summed E-state index contributed by atoms with van der Waals surface area (Å²) in [5, 5.41) is 0. The van der Waals surface area contributed by atoms with Crippen LogP contribution in [0, 0.1) is 0 Å². The van der Waals surface area contributed by atoms with E-state index >= 15 is 0 Å². The summed E-state index contributed by atoms with van der Waals surface area (Å²) >= 11 is 0. The third-order valence-electron chi connectivity index (χ3n) is 7.43. The first-order valence-corrected chi connectivity index (χ1v) is 15.3. The van der Waals surface area contributed by atoms with Crippen molar-refractivity contribution in [3.8, 4) is 5.75 Å². The zero-order valence-electron chi connectivity index (χ0n) is 23.8. The third-order valence-corrected chi connectivity index (χ3v) is 7.43. The molecule has 0 N–H and O–H groups in total. The van der Waals surface area contributed by atoms with Crippen LogP contribution >= 0.6 is 0 Å². The smallest absolute Gasteiger partial charge is 0.189 e. The first-order chi connectivity index (χ1) is 18.9. The van der Waals surface area contributed by atoms with Crippen molar-refractivity contribution in [1.29, 1.82) is 0 Å². The molecule has 0 saturated carbocycles. The largest absolute Gasteiger partial charge is 0.468 e. The van der Waals surface area contributed by atoms with E-state index in [0.29, 0.717) is 6.79 Å². The minimum atomic E-state index is 0.211. The van der Waals surface area contributed by atoms with E-state index in [2.05, 4.69) is 91.9 Å². The molecule has 0 bridgehead atoms. The fourth-order valence-electron chi connectivity index (χ4n) is 5.19. The lowest BCUT2D eigenvalue weighted by Crippen LogP contribution is -2.05. The van der Waals surface area contributed by atoms with E-state index < -0.39 is 0 Å². The minimum Gasteiger partial charge on any atom is -0.468 e. The zero-order valence-corrected chi connectivity index (χ0v) is 23.8. The maximum atomic E-state index is 5.85. The monoisotopic (exact) mass is 514 g/mol. The standard InChI is InChI=1S/C36H50O2/c1-2-3-4-5-6-7-8-9-10-11-12-13-14-21-30-37-31-38-35-28-26-34(27-29-35)36(32-22-17-15-18-23-32)33-24-19-16-20-25-33/h15-20,22-29,36H,2-14,21,30-31H2,1H3. The second-order valence-electron chi connectivity index (χ2n) is 10.6. The lowest BCUT2D eigenvalue weighted by Gasteiger charge is -2.19. The Bertz CT molecular complexity index is 897.